The summed E-state index contributed by atoms with van der Waals surface area (Å²) >= 11 is 11.2. The Morgan fingerprint density at radius 2 is 2.16 bits per heavy atom. The lowest BCUT2D eigenvalue weighted by molar-refractivity contribution is 0.0300. The molecule has 0 aromatic heterocycles. The van der Waals surface area contributed by atoms with E-state index < -0.39 is 0 Å². The number of anilines is 1. The average molecular weight is 299 g/mol. The van der Waals surface area contributed by atoms with Crippen LogP contribution in [-0.2, 0) is 4.74 Å². The molecule has 5 heteroatoms. The van der Waals surface area contributed by atoms with Crippen molar-refractivity contribution in [1.82, 2.24) is 0 Å². The molecule has 0 atom stereocenters. The fourth-order valence-electron chi connectivity index (χ4n) is 2.16. The maximum absolute atomic E-state index is 6.23. The molecule has 0 saturated carbocycles. The zero-order valence-corrected chi connectivity index (χ0v) is 12.6. The van der Waals surface area contributed by atoms with Gasteiger partial charge in [0.25, 0.3) is 0 Å². The van der Waals surface area contributed by atoms with Gasteiger partial charge in [-0.15, -0.1) is 0 Å². The molecule has 1 fully saturated rings. The molecule has 0 amide bonds. The van der Waals surface area contributed by atoms with Gasteiger partial charge in [0.15, 0.2) is 0 Å². The molecule has 0 bridgehead atoms. The van der Waals surface area contributed by atoms with Crippen LogP contribution >= 0.6 is 23.8 Å². The van der Waals surface area contributed by atoms with E-state index in [1.807, 2.05) is 12.1 Å². The summed E-state index contributed by atoms with van der Waals surface area (Å²) in [5.41, 5.74) is 7.57. The van der Waals surface area contributed by atoms with Gasteiger partial charge in [0.1, 0.15) is 4.99 Å². The second-order valence-electron chi connectivity index (χ2n) is 5.34. The van der Waals surface area contributed by atoms with Gasteiger partial charge in [-0.2, -0.15) is 0 Å². The molecule has 0 aliphatic carbocycles. The van der Waals surface area contributed by atoms with Gasteiger partial charge in [-0.3, -0.25) is 0 Å². The van der Waals surface area contributed by atoms with E-state index in [1.54, 1.807) is 6.07 Å². The maximum Gasteiger partial charge on any atom is 0.104 e. The lowest BCUT2D eigenvalue weighted by Gasteiger charge is -2.34. The number of ether oxygens (including phenoxy) is 1. The first-order valence-electron chi connectivity index (χ1n) is 6.41. The Bertz CT molecular complexity index is 473. The van der Waals surface area contributed by atoms with Gasteiger partial charge < -0.3 is 15.8 Å². The van der Waals surface area contributed by atoms with Crippen LogP contribution in [0.4, 0.5) is 5.69 Å². The Morgan fingerprint density at radius 3 is 2.74 bits per heavy atom. The van der Waals surface area contributed by atoms with Gasteiger partial charge in [-0.05, 0) is 36.5 Å². The molecule has 3 nitrogen and oxygen atoms in total. The Kier molecular flexibility index (Phi) is 4.66. The van der Waals surface area contributed by atoms with Gasteiger partial charge in [-0.25, -0.2) is 0 Å². The minimum absolute atomic E-state index is 0.267. The van der Waals surface area contributed by atoms with Crippen molar-refractivity contribution in [3.63, 3.8) is 0 Å². The van der Waals surface area contributed by atoms with Crippen LogP contribution in [0.2, 0.25) is 5.02 Å². The molecule has 1 aliphatic heterocycles. The quantitative estimate of drug-likeness (QED) is 0.838. The minimum Gasteiger partial charge on any atom is -0.389 e. The van der Waals surface area contributed by atoms with Crippen LogP contribution in [0.1, 0.15) is 25.3 Å². The van der Waals surface area contributed by atoms with E-state index in [4.69, 9.17) is 34.3 Å². The highest BCUT2D eigenvalue weighted by Crippen LogP contribution is 2.31. The van der Waals surface area contributed by atoms with Crippen molar-refractivity contribution in [3.8, 4) is 0 Å². The Hall–Kier alpha value is -0.840. The first-order valence-corrected chi connectivity index (χ1v) is 7.20. The molecule has 0 unspecified atom stereocenters. The van der Waals surface area contributed by atoms with E-state index in [-0.39, 0.29) is 5.41 Å². The summed E-state index contributed by atoms with van der Waals surface area (Å²) in [5, 5.41) is 4.07. The smallest absolute Gasteiger partial charge is 0.104 e. The predicted molar refractivity (Wildman–Crippen MR) is 84.0 cm³/mol. The third-order valence-corrected chi connectivity index (χ3v) is 4.21. The fraction of sp³-hybridized carbons (Fsp3) is 0.500. The number of rotatable bonds is 4. The second-order valence-corrected chi connectivity index (χ2v) is 6.18. The molecule has 1 aromatic carbocycles. The van der Waals surface area contributed by atoms with Crippen LogP contribution in [0.5, 0.6) is 0 Å². The first kappa shape index (κ1) is 14.6. The second kappa shape index (κ2) is 6.07. The number of thiocarbonyl (C=S) groups is 1. The topological polar surface area (TPSA) is 47.3 Å². The Morgan fingerprint density at radius 1 is 1.47 bits per heavy atom. The van der Waals surface area contributed by atoms with Crippen molar-refractivity contribution in [2.75, 3.05) is 25.1 Å². The summed E-state index contributed by atoms with van der Waals surface area (Å²) in [6.07, 6.45) is 2.14. The number of nitrogens with one attached hydrogen (secondary N) is 1. The highest BCUT2D eigenvalue weighted by molar-refractivity contribution is 7.80. The van der Waals surface area contributed by atoms with Crippen LogP contribution in [0.25, 0.3) is 0 Å². The van der Waals surface area contributed by atoms with E-state index in [2.05, 4.69) is 12.2 Å². The molecule has 1 saturated heterocycles. The van der Waals surface area contributed by atoms with Crippen molar-refractivity contribution >= 4 is 34.5 Å². The average Bonchev–Trinajstić information content (AvgIpc) is 2.38. The zero-order chi connectivity index (χ0) is 13.9. The van der Waals surface area contributed by atoms with E-state index >= 15 is 0 Å². The summed E-state index contributed by atoms with van der Waals surface area (Å²) < 4.78 is 5.40. The van der Waals surface area contributed by atoms with E-state index in [0.717, 1.165) is 43.9 Å². The molecule has 1 aromatic rings. The number of hydrogen-bond acceptors (Lipinski definition) is 3. The summed E-state index contributed by atoms with van der Waals surface area (Å²) in [6, 6.07) is 5.63. The fourth-order valence-corrected chi connectivity index (χ4v) is 2.54. The molecular formula is C14H19ClN2OS. The van der Waals surface area contributed by atoms with Gasteiger partial charge in [0, 0.05) is 25.3 Å². The highest BCUT2D eigenvalue weighted by Gasteiger charge is 2.27. The molecular weight excluding hydrogens is 280 g/mol. The van der Waals surface area contributed by atoms with E-state index in [9.17, 15) is 0 Å². The molecule has 0 radical (unpaired) electrons. The minimum atomic E-state index is 0.267. The highest BCUT2D eigenvalue weighted by atomic mass is 35.5. The van der Waals surface area contributed by atoms with Crippen molar-refractivity contribution in [1.29, 1.82) is 0 Å². The maximum atomic E-state index is 6.23. The molecule has 2 rings (SSSR count). The lowest BCUT2D eigenvalue weighted by Crippen LogP contribution is -2.33. The number of hydrogen-bond donors (Lipinski definition) is 2. The summed E-state index contributed by atoms with van der Waals surface area (Å²) in [5.74, 6) is 0. The third kappa shape index (κ3) is 3.81. The van der Waals surface area contributed by atoms with Crippen molar-refractivity contribution in [2.45, 2.75) is 19.8 Å². The monoisotopic (exact) mass is 298 g/mol. The summed E-state index contributed by atoms with van der Waals surface area (Å²) in [4.78, 5) is 0.366. The number of benzene rings is 1. The normalized spacial score (nSPS) is 18.0. The molecule has 3 N–H and O–H groups in total. The standard InChI is InChI=1S/C14H19ClN2OS/c1-14(4-6-18-7-5-14)9-17-12-3-2-10(13(16)19)8-11(12)15/h2-3,8,17H,4-7,9H2,1H3,(H2,16,19). The molecule has 19 heavy (non-hydrogen) atoms. The van der Waals surface area contributed by atoms with Gasteiger partial charge >= 0.3 is 0 Å². The molecule has 1 heterocycles. The van der Waals surface area contributed by atoms with Crippen molar-refractivity contribution in [3.05, 3.63) is 28.8 Å². The number of halogens is 1. The third-order valence-electron chi connectivity index (χ3n) is 3.66. The first-order chi connectivity index (χ1) is 9.00. The molecule has 104 valence electrons. The predicted octanol–water partition coefficient (Wildman–Crippen LogP) is 3.20. The molecule has 1 aliphatic rings. The summed E-state index contributed by atoms with van der Waals surface area (Å²) in [7, 11) is 0. The summed E-state index contributed by atoms with van der Waals surface area (Å²) in [6.45, 7) is 4.85. The SMILES string of the molecule is CC1(CNc2ccc(C(N)=S)cc2Cl)CCOCC1. The largest absolute Gasteiger partial charge is 0.389 e. The van der Waals surface area contributed by atoms with E-state index in [1.165, 1.54) is 0 Å². The lowest BCUT2D eigenvalue weighted by atomic mass is 9.82. The van der Waals surface area contributed by atoms with Gasteiger partial charge in [0.2, 0.25) is 0 Å². The Balaban J connectivity index is 2.01. The van der Waals surface area contributed by atoms with Gasteiger partial charge in [0.05, 0.1) is 10.7 Å². The van der Waals surface area contributed by atoms with Gasteiger partial charge in [-0.1, -0.05) is 30.7 Å². The van der Waals surface area contributed by atoms with Crippen LogP contribution in [-0.4, -0.2) is 24.7 Å². The van der Waals surface area contributed by atoms with Crippen LogP contribution in [0.3, 0.4) is 0 Å². The Labute approximate surface area is 124 Å². The van der Waals surface area contributed by atoms with Crippen molar-refractivity contribution < 1.29 is 4.74 Å². The van der Waals surface area contributed by atoms with Crippen LogP contribution in [0, 0.1) is 5.41 Å². The van der Waals surface area contributed by atoms with Crippen LogP contribution < -0.4 is 11.1 Å². The van der Waals surface area contributed by atoms with Crippen molar-refractivity contribution in [2.24, 2.45) is 11.1 Å². The zero-order valence-electron chi connectivity index (χ0n) is 11.0. The number of nitrogens with two attached hydrogens (primary N) is 1. The van der Waals surface area contributed by atoms with Crippen LogP contribution in [0.15, 0.2) is 18.2 Å². The molecule has 0 spiro atoms. The van der Waals surface area contributed by atoms with E-state index in [0.29, 0.717) is 10.0 Å².